The lowest BCUT2D eigenvalue weighted by Crippen LogP contribution is -2.16. The number of anilines is 1. The zero-order chi connectivity index (χ0) is 20.0. The number of ketones is 1. The predicted octanol–water partition coefficient (Wildman–Crippen LogP) is 3.90. The molecule has 1 aromatic carbocycles. The van der Waals surface area contributed by atoms with E-state index in [9.17, 15) is 32.9 Å². The summed E-state index contributed by atoms with van der Waals surface area (Å²) in [6, 6.07) is 5.31. The molecule has 2 rings (SSSR count). The molecule has 0 bridgehead atoms. The summed E-state index contributed by atoms with van der Waals surface area (Å²) in [5, 5.41) is 15.2. The average molecular weight is 402 g/mol. The molecule has 0 saturated carbocycles. The van der Waals surface area contributed by atoms with Gasteiger partial charge < -0.3 is 10.1 Å². The maximum absolute atomic E-state index is 12.6. The molecule has 0 amide bonds. The summed E-state index contributed by atoms with van der Waals surface area (Å²) >= 11 is 1.21. The fourth-order valence-corrected chi connectivity index (χ4v) is 2.69. The van der Waals surface area contributed by atoms with Gasteiger partial charge in [-0.1, -0.05) is 6.07 Å². The molecule has 0 saturated heterocycles. The number of nitrogens with zero attached hydrogens (tertiary/aromatic N) is 1. The molecule has 0 aliphatic rings. The zero-order valence-electron chi connectivity index (χ0n) is 13.6. The lowest BCUT2D eigenvalue weighted by Gasteiger charge is -2.10. The number of hydrogen-bond acceptors (Lipinski definition) is 7. The summed E-state index contributed by atoms with van der Waals surface area (Å²) in [5.74, 6) is -1.08. The fourth-order valence-electron chi connectivity index (χ4n) is 2.03. The molecule has 0 unspecified atom stereocenters. The van der Waals surface area contributed by atoms with Crippen molar-refractivity contribution >= 4 is 34.5 Å². The quantitative estimate of drug-likeness (QED) is 0.311. The van der Waals surface area contributed by atoms with E-state index >= 15 is 0 Å². The number of nitro benzene ring substituents is 1. The van der Waals surface area contributed by atoms with Gasteiger partial charge in [-0.3, -0.25) is 19.7 Å². The number of carbonyl (C=O) groups is 2. The molecule has 0 fully saturated rings. The van der Waals surface area contributed by atoms with Crippen LogP contribution in [0.4, 0.5) is 24.5 Å². The van der Waals surface area contributed by atoms with Crippen LogP contribution >= 0.6 is 11.3 Å². The number of nitro groups is 1. The van der Waals surface area contributed by atoms with Crippen molar-refractivity contribution in [3.8, 4) is 0 Å². The van der Waals surface area contributed by atoms with Gasteiger partial charge in [-0.25, -0.2) is 0 Å². The van der Waals surface area contributed by atoms with E-state index in [1.165, 1.54) is 11.3 Å². The standard InChI is InChI=1S/C16H13F3N2O5S/c17-16(18,19)10-3-4-11(12(8-10)21(24)25)20-6-5-15(23)26-9-13(22)14-2-1-7-27-14/h1-4,7-8,20H,5-6,9H2. The Hall–Kier alpha value is -2.95. The summed E-state index contributed by atoms with van der Waals surface area (Å²) in [5.41, 5.74) is -2.06. The number of benzene rings is 1. The van der Waals surface area contributed by atoms with Crippen molar-refractivity contribution in [1.82, 2.24) is 0 Å². The van der Waals surface area contributed by atoms with Gasteiger partial charge in [0.05, 0.1) is 21.8 Å². The molecule has 0 radical (unpaired) electrons. The van der Waals surface area contributed by atoms with E-state index in [1.54, 1.807) is 17.5 Å². The van der Waals surface area contributed by atoms with Gasteiger partial charge in [-0.2, -0.15) is 13.2 Å². The van der Waals surface area contributed by atoms with Gasteiger partial charge in [0, 0.05) is 12.6 Å². The molecule has 0 aliphatic heterocycles. The van der Waals surface area contributed by atoms with E-state index < -0.39 is 34.9 Å². The molecule has 1 N–H and O–H groups in total. The highest BCUT2D eigenvalue weighted by atomic mass is 32.1. The molecule has 144 valence electrons. The summed E-state index contributed by atoms with van der Waals surface area (Å²) in [4.78, 5) is 33.8. The molecular formula is C16H13F3N2O5S. The van der Waals surface area contributed by atoms with Crippen LogP contribution in [0.5, 0.6) is 0 Å². The number of esters is 1. The number of alkyl halides is 3. The number of thiophene rings is 1. The van der Waals surface area contributed by atoms with Gasteiger partial charge in [0.2, 0.25) is 5.78 Å². The van der Waals surface area contributed by atoms with Gasteiger partial charge in [0.1, 0.15) is 5.69 Å². The SMILES string of the molecule is O=C(CCNc1ccc(C(F)(F)F)cc1[N+](=O)[O-])OCC(=O)c1cccs1. The Morgan fingerprint density at radius 3 is 2.59 bits per heavy atom. The van der Waals surface area contributed by atoms with Gasteiger partial charge in [-0.15, -0.1) is 11.3 Å². The first kappa shape index (κ1) is 20.4. The van der Waals surface area contributed by atoms with Gasteiger partial charge in [0.25, 0.3) is 5.69 Å². The van der Waals surface area contributed by atoms with Crippen molar-refractivity contribution < 1.29 is 32.4 Å². The smallest absolute Gasteiger partial charge is 0.416 e. The van der Waals surface area contributed by atoms with Crippen molar-refractivity contribution in [2.24, 2.45) is 0 Å². The van der Waals surface area contributed by atoms with E-state index in [2.05, 4.69) is 5.32 Å². The predicted molar refractivity (Wildman–Crippen MR) is 90.8 cm³/mol. The topological polar surface area (TPSA) is 98.5 Å². The lowest BCUT2D eigenvalue weighted by atomic mass is 10.1. The van der Waals surface area contributed by atoms with Crippen LogP contribution in [-0.2, 0) is 15.7 Å². The highest BCUT2D eigenvalue weighted by Gasteiger charge is 2.33. The molecule has 7 nitrogen and oxygen atoms in total. The largest absolute Gasteiger partial charge is 0.457 e. The van der Waals surface area contributed by atoms with Crippen molar-refractivity contribution in [2.45, 2.75) is 12.6 Å². The third kappa shape index (κ3) is 5.78. The Morgan fingerprint density at radius 1 is 1.26 bits per heavy atom. The second-order valence-electron chi connectivity index (χ2n) is 5.22. The maximum atomic E-state index is 12.6. The van der Waals surface area contributed by atoms with Crippen molar-refractivity contribution in [2.75, 3.05) is 18.5 Å². The molecule has 0 atom stereocenters. The summed E-state index contributed by atoms with van der Waals surface area (Å²) < 4.78 is 42.7. The first-order valence-electron chi connectivity index (χ1n) is 7.50. The summed E-state index contributed by atoms with van der Waals surface area (Å²) in [6.07, 6.45) is -4.93. The van der Waals surface area contributed by atoms with Crippen molar-refractivity contribution in [1.29, 1.82) is 0 Å². The molecule has 2 aromatic rings. The monoisotopic (exact) mass is 402 g/mol. The fraction of sp³-hybridized carbons (Fsp3) is 0.250. The molecule has 27 heavy (non-hydrogen) atoms. The minimum absolute atomic E-state index is 0.113. The van der Waals surface area contributed by atoms with Gasteiger partial charge in [-0.05, 0) is 23.6 Å². The van der Waals surface area contributed by atoms with Crippen LogP contribution in [0, 0.1) is 10.1 Å². The Morgan fingerprint density at radius 2 is 2.00 bits per heavy atom. The van der Waals surface area contributed by atoms with Gasteiger partial charge >= 0.3 is 12.1 Å². The van der Waals surface area contributed by atoms with E-state index in [4.69, 9.17) is 4.74 Å². The van der Waals surface area contributed by atoms with Crippen molar-refractivity contribution in [3.63, 3.8) is 0 Å². The minimum Gasteiger partial charge on any atom is -0.457 e. The van der Waals surface area contributed by atoms with Crippen LogP contribution in [-0.4, -0.2) is 29.8 Å². The minimum atomic E-state index is -4.71. The molecule has 1 aromatic heterocycles. The third-order valence-electron chi connectivity index (χ3n) is 3.33. The number of rotatable bonds is 8. The zero-order valence-corrected chi connectivity index (χ0v) is 14.4. The number of nitrogens with one attached hydrogen (secondary N) is 1. The van der Waals surface area contributed by atoms with E-state index in [0.717, 1.165) is 6.07 Å². The highest BCUT2D eigenvalue weighted by molar-refractivity contribution is 7.12. The van der Waals surface area contributed by atoms with E-state index in [-0.39, 0.29) is 24.4 Å². The van der Waals surface area contributed by atoms with E-state index in [0.29, 0.717) is 17.0 Å². The Bertz CT molecular complexity index is 837. The first-order chi connectivity index (χ1) is 12.7. The Kier molecular flexibility index (Phi) is 6.50. The Balaban J connectivity index is 1.88. The second-order valence-corrected chi connectivity index (χ2v) is 6.17. The van der Waals surface area contributed by atoms with Crippen LogP contribution in [0.2, 0.25) is 0 Å². The van der Waals surface area contributed by atoms with E-state index in [1.807, 2.05) is 0 Å². The molecule has 1 heterocycles. The summed E-state index contributed by atoms with van der Waals surface area (Å²) in [7, 11) is 0. The third-order valence-corrected chi connectivity index (χ3v) is 4.24. The Labute approximate surface area is 154 Å². The number of carbonyl (C=O) groups excluding carboxylic acids is 2. The number of ether oxygens (including phenoxy) is 1. The lowest BCUT2D eigenvalue weighted by molar-refractivity contribution is -0.384. The normalized spacial score (nSPS) is 11.1. The highest BCUT2D eigenvalue weighted by Crippen LogP contribution is 2.34. The number of hydrogen-bond donors (Lipinski definition) is 1. The molecular weight excluding hydrogens is 389 g/mol. The van der Waals surface area contributed by atoms with Crippen LogP contribution < -0.4 is 5.32 Å². The average Bonchev–Trinajstić information content (AvgIpc) is 3.13. The molecule has 0 aliphatic carbocycles. The molecule has 11 heteroatoms. The molecule has 0 spiro atoms. The van der Waals surface area contributed by atoms with Crippen LogP contribution in [0.3, 0.4) is 0 Å². The van der Waals surface area contributed by atoms with Crippen LogP contribution in [0.1, 0.15) is 21.7 Å². The maximum Gasteiger partial charge on any atom is 0.416 e. The van der Waals surface area contributed by atoms with Crippen LogP contribution in [0.15, 0.2) is 35.7 Å². The van der Waals surface area contributed by atoms with Gasteiger partial charge in [0.15, 0.2) is 6.61 Å². The van der Waals surface area contributed by atoms with Crippen molar-refractivity contribution in [3.05, 3.63) is 56.3 Å². The number of halogens is 3. The first-order valence-corrected chi connectivity index (χ1v) is 8.38. The second kappa shape index (κ2) is 8.62. The number of Topliss-reactive ketones (excluding diaryl/α,β-unsaturated/α-hetero) is 1. The summed E-state index contributed by atoms with van der Waals surface area (Å²) in [6.45, 7) is -0.544. The van der Waals surface area contributed by atoms with Crippen LogP contribution in [0.25, 0.3) is 0 Å².